The molecule has 0 unspecified atom stereocenters. The average Bonchev–Trinajstić information content (AvgIpc) is 3.11. The summed E-state index contributed by atoms with van der Waals surface area (Å²) in [6.07, 6.45) is 0. The number of nitrogens with zero attached hydrogens (tertiary/aromatic N) is 1. The van der Waals surface area contributed by atoms with Crippen molar-refractivity contribution in [1.82, 2.24) is 5.16 Å². The van der Waals surface area contributed by atoms with E-state index in [1.165, 1.54) is 0 Å². The Kier molecular flexibility index (Phi) is 5.48. The fraction of sp³-hybridized carbons (Fsp3) is 0.158. The number of para-hydroxylation sites is 1. The zero-order valence-corrected chi connectivity index (χ0v) is 14.4. The average molecular weight is 357 g/mol. The highest BCUT2D eigenvalue weighted by Gasteiger charge is 2.15. The molecular formula is C19H17ClN2O3. The van der Waals surface area contributed by atoms with Crippen molar-refractivity contribution in [3.05, 3.63) is 70.9 Å². The molecule has 25 heavy (non-hydrogen) atoms. The zero-order chi connectivity index (χ0) is 17.6. The molecule has 0 bridgehead atoms. The summed E-state index contributed by atoms with van der Waals surface area (Å²) in [5, 5.41) is 7.28. The number of halogens is 1. The lowest BCUT2D eigenvalue weighted by Gasteiger charge is -2.09. The van der Waals surface area contributed by atoms with Crippen LogP contribution < -0.4 is 5.32 Å². The van der Waals surface area contributed by atoms with Crippen molar-refractivity contribution in [3.63, 3.8) is 0 Å². The van der Waals surface area contributed by atoms with Gasteiger partial charge in [-0.1, -0.05) is 47.1 Å². The molecule has 128 valence electrons. The van der Waals surface area contributed by atoms with Crippen LogP contribution in [-0.2, 0) is 11.3 Å². The molecule has 3 aromatic rings. The molecule has 0 fully saturated rings. The van der Waals surface area contributed by atoms with Gasteiger partial charge in [-0.2, -0.15) is 0 Å². The highest BCUT2D eigenvalue weighted by atomic mass is 35.5. The molecule has 6 heteroatoms. The van der Waals surface area contributed by atoms with E-state index in [0.29, 0.717) is 29.7 Å². The molecule has 0 aliphatic rings. The van der Waals surface area contributed by atoms with Gasteiger partial charge < -0.3 is 14.6 Å². The van der Waals surface area contributed by atoms with Crippen molar-refractivity contribution in [1.29, 1.82) is 0 Å². The summed E-state index contributed by atoms with van der Waals surface area (Å²) in [4.78, 5) is 12.5. The number of carbonyl (C=O) groups is 1. The van der Waals surface area contributed by atoms with Crippen molar-refractivity contribution in [2.75, 3.05) is 11.9 Å². The van der Waals surface area contributed by atoms with Gasteiger partial charge in [0.15, 0.2) is 11.5 Å². The summed E-state index contributed by atoms with van der Waals surface area (Å²) in [5.74, 6) is 0.135. The normalized spacial score (nSPS) is 10.6. The first-order valence-corrected chi connectivity index (χ1v) is 8.25. The predicted octanol–water partition coefficient (Wildman–Crippen LogP) is 4.78. The first-order valence-electron chi connectivity index (χ1n) is 7.87. The van der Waals surface area contributed by atoms with Crippen LogP contribution in [0.25, 0.3) is 11.3 Å². The summed E-state index contributed by atoms with van der Waals surface area (Å²) in [6, 6.07) is 16.2. The SMILES string of the molecule is CCOCc1ccccc1NC(=O)c1cc(-c2cccc(Cl)c2)on1. The van der Waals surface area contributed by atoms with Gasteiger partial charge in [0.2, 0.25) is 0 Å². The number of anilines is 1. The van der Waals surface area contributed by atoms with E-state index < -0.39 is 0 Å². The molecule has 0 saturated carbocycles. The molecule has 0 atom stereocenters. The minimum Gasteiger partial charge on any atom is -0.377 e. The third kappa shape index (κ3) is 4.26. The van der Waals surface area contributed by atoms with E-state index in [1.54, 1.807) is 18.2 Å². The molecule has 2 aromatic carbocycles. The lowest BCUT2D eigenvalue weighted by molar-refractivity contribution is 0.101. The zero-order valence-electron chi connectivity index (χ0n) is 13.7. The Balaban J connectivity index is 1.77. The monoisotopic (exact) mass is 356 g/mol. The van der Waals surface area contributed by atoms with Gasteiger partial charge in [0.25, 0.3) is 5.91 Å². The highest BCUT2D eigenvalue weighted by molar-refractivity contribution is 6.30. The number of hydrogen-bond acceptors (Lipinski definition) is 4. The summed E-state index contributed by atoms with van der Waals surface area (Å²) < 4.78 is 10.7. The summed E-state index contributed by atoms with van der Waals surface area (Å²) in [6.45, 7) is 2.96. The number of aromatic nitrogens is 1. The lowest BCUT2D eigenvalue weighted by Crippen LogP contribution is -2.13. The van der Waals surface area contributed by atoms with Crippen LogP contribution in [0.1, 0.15) is 23.0 Å². The summed E-state index contributed by atoms with van der Waals surface area (Å²) in [5.41, 5.74) is 2.54. The Hall–Kier alpha value is -2.63. The fourth-order valence-electron chi connectivity index (χ4n) is 2.33. The number of rotatable bonds is 6. The minimum atomic E-state index is -0.346. The molecule has 3 rings (SSSR count). The largest absolute Gasteiger partial charge is 0.377 e. The number of hydrogen-bond donors (Lipinski definition) is 1. The molecule has 1 heterocycles. The van der Waals surface area contributed by atoms with Crippen molar-refractivity contribution in [2.24, 2.45) is 0 Å². The molecule has 1 amide bonds. The number of nitrogens with one attached hydrogen (secondary N) is 1. The number of benzene rings is 2. The molecule has 0 spiro atoms. The Labute approximate surface area is 150 Å². The van der Waals surface area contributed by atoms with Gasteiger partial charge in [-0.15, -0.1) is 0 Å². The smallest absolute Gasteiger partial charge is 0.277 e. The van der Waals surface area contributed by atoms with Gasteiger partial charge in [-0.05, 0) is 25.1 Å². The molecule has 0 radical (unpaired) electrons. The standard InChI is InChI=1S/C19H17ClN2O3/c1-2-24-12-14-6-3-4-9-16(14)21-19(23)17-11-18(25-22-17)13-7-5-8-15(20)10-13/h3-11H,2,12H2,1H3,(H,21,23). The van der Waals surface area contributed by atoms with E-state index in [1.807, 2.05) is 43.3 Å². The van der Waals surface area contributed by atoms with Crippen LogP contribution >= 0.6 is 11.6 Å². The van der Waals surface area contributed by atoms with Gasteiger partial charge in [0.05, 0.1) is 6.61 Å². The van der Waals surface area contributed by atoms with Crippen molar-refractivity contribution < 1.29 is 14.1 Å². The van der Waals surface area contributed by atoms with Gasteiger partial charge in [-0.25, -0.2) is 0 Å². The van der Waals surface area contributed by atoms with E-state index in [-0.39, 0.29) is 11.6 Å². The van der Waals surface area contributed by atoms with Gasteiger partial charge >= 0.3 is 0 Å². The maximum Gasteiger partial charge on any atom is 0.277 e. The third-order valence-corrected chi connectivity index (χ3v) is 3.81. The van der Waals surface area contributed by atoms with E-state index in [4.69, 9.17) is 20.9 Å². The molecule has 5 nitrogen and oxygen atoms in total. The van der Waals surface area contributed by atoms with Crippen molar-refractivity contribution in [3.8, 4) is 11.3 Å². The second-order valence-electron chi connectivity index (χ2n) is 5.34. The number of amides is 1. The fourth-order valence-corrected chi connectivity index (χ4v) is 2.52. The highest BCUT2D eigenvalue weighted by Crippen LogP contribution is 2.24. The summed E-state index contributed by atoms with van der Waals surface area (Å²) in [7, 11) is 0. The Bertz CT molecular complexity index is 876. The second kappa shape index (κ2) is 7.96. The van der Waals surface area contributed by atoms with Crippen molar-refractivity contribution >= 4 is 23.2 Å². The molecule has 0 aliphatic carbocycles. The third-order valence-electron chi connectivity index (χ3n) is 3.58. The lowest BCUT2D eigenvalue weighted by atomic mass is 10.1. The van der Waals surface area contributed by atoms with Gasteiger partial charge in [-0.3, -0.25) is 4.79 Å². The van der Waals surface area contributed by atoms with Crippen LogP contribution in [0.15, 0.2) is 59.1 Å². The molecule has 0 saturated heterocycles. The first-order chi connectivity index (χ1) is 12.2. The molecule has 0 aliphatic heterocycles. The maximum atomic E-state index is 12.5. The Morgan fingerprint density at radius 2 is 2.04 bits per heavy atom. The van der Waals surface area contributed by atoms with E-state index in [9.17, 15) is 4.79 Å². The van der Waals surface area contributed by atoms with Crippen LogP contribution in [0.3, 0.4) is 0 Å². The maximum absolute atomic E-state index is 12.5. The predicted molar refractivity (Wildman–Crippen MR) is 96.7 cm³/mol. The minimum absolute atomic E-state index is 0.196. The number of carbonyl (C=O) groups excluding carboxylic acids is 1. The second-order valence-corrected chi connectivity index (χ2v) is 5.77. The van der Waals surface area contributed by atoms with Crippen LogP contribution in [0.2, 0.25) is 5.02 Å². The Morgan fingerprint density at radius 3 is 2.84 bits per heavy atom. The molecular weight excluding hydrogens is 340 g/mol. The van der Waals surface area contributed by atoms with Crippen LogP contribution in [0.4, 0.5) is 5.69 Å². The van der Waals surface area contributed by atoms with E-state index >= 15 is 0 Å². The molecule has 1 N–H and O–H groups in total. The van der Waals surface area contributed by atoms with Crippen LogP contribution in [0.5, 0.6) is 0 Å². The quantitative estimate of drug-likeness (QED) is 0.690. The van der Waals surface area contributed by atoms with E-state index in [2.05, 4.69) is 10.5 Å². The van der Waals surface area contributed by atoms with Gasteiger partial charge in [0, 0.05) is 34.5 Å². The first kappa shape index (κ1) is 17.2. The number of ether oxygens (including phenoxy) is 1. The molecule has 1 aromatic heterocycles. The summed E-state index contributed by atoms with van der Waals surface area (Å²) >= 11 is 5.98. The van der Waals surface area contributed by atoms with Crippen LogP contribution in [-0.4, -0.2) is 17.7 Å². The van der Waals surface area contributed by atoms with Gasteiger partial charge in [0.1, 0.15) is 0 Å². The van der Waals surface area contributed by atoms with Crippen LogP contribution in [0, 0.1) is 0 Å². The van der Waals surface area contributed by atoms with Crippen molar-refractivity contribution in [2.45, 2.75) is 13.5 Å². The van der Waals surface area contributed by atoms with E-state index in [0.717, 1.165) is 11.1 Å². The Morgan fingerprint density at radius 1 is 1.20 bits per heavy atom. The topological polar surface area (TPSA) is 64.4 Å².